The number of ether oxygens (including phenoxy) is 1. The molecule has 2 unspecified atom stereocenters. The zero-order valence-corrected chi connectivity index (χ0v) is 10.6. The molecule has 1 saturated heterocycles. The minimum atomic E-state index is -0.0344. The first kappa shape index (κ1) is 13.5. The minimum Gasteiger partial charge on any atom is -0.377 e. The zero-order valence-electron chi connectivity index (χ0n) is 10.6. The number of nitrogens with zero attached hydrogens (tertiary/aromatic N) is 1. The maximum atomic E-state index is 12.1. The van der Waals surface area contributed by atoms with Crippen molar-refractivity contribution in [3.63, 3.8) is 0 Å². The Kier molecular flexibility index (Phi) is 5.22. The Balaban J connectivity index is 2.50. The minimum absolute atomic E-state index is 0.0344. The van der Waals surface area contributed by atoms with Crippen LogP contribution in [0.15, 0.2) is 0 Å². The average Bonchev–Trinajstić information content (AvgIpc) is 2.28. The van der Waals surface area contributed by atoms with E-state index in [4.69, 9.17) is 10.5 Å². The summed E-state index contributed by atoms with van der Waals surface area (Å²) in [5, 5.41) is 0. The molecule has 1 fully saturated rings. The highest BCUT2D eigenvalue weighted by Gasteiger charge is 2.27. The fourth-order valence-electron chi connectivity index (χ4n) is 1.88. The van der Waals surface area contributed by atoms with Crippen molar-refractivity contribution in [1.82, 2.24) is 4.90 Å². The van der Waals surface area contributed by atoms with Gasteiger partial charge >= 0.3 is 0 Å². The number of rotatable bonds is 4. The predicted octanol–water partition coefficient (Wildman–Crippen LogP) is 0.997. The average molecular weight is 228 g/mol. The third kappa shape index (κ3) is 3.46. The summed E-state index contributed by atoms with van der Waals surface area (Å²) in [5.41, 5.74) is 5.93. The van der Waals surface area contributed by atoms with Crippen LogP contribution in [0.1, 0.15) is 33.6 Å². The molecule has 0 radical (unpaired) electrons. The zero-order chi connectivity index (χ0) is 12.1. The fraction of sp³-hybridized carbons (Fsp3) is 0.917. The van der Waals surface area contributed by atoms with Crippen molar-refractivity contribution in [2.45, 2.75) is 45.7 Å². The molecule has 1 heterocycles. The van der Waals surface area contributed by atoms with E-state index in [0.717, 1.165) is 6.42 Å². The van der Waals surface area contributed by atoms with E-state index >= 15 is 0 Å². The second-order valence-electron chi connectivity index (χ2n) is 4.84. The maximum absolute atomic E-state index is 12.1. The largest absolute Gasteiger partial charge is 0.377 e. The Bertz CT molecular complexity index is 231. The quantitative estimate of drug-likeness (QED) is 0.781. The van der Waals surface area contributed by atoms with Gasteiger partial charge in [-0.15, -0.1) is 0 Å². The van der Waals surface area contributed by atoms with Gasteiger partial charge in [0, 0.05) is 19.0 Å². The Morgan fingerprint density at radius 1 is 1.56 bits per heavy atom. The summed E-state index contributed by atoms with van der Waals surface area (Å²) in [4.78, 5) is 14.0. The van der Waals surface area contributed by atoms with Gasteiger partial charge in [-0.1, -0.05) is 20.8 Å². The molecule has 1 rings (SSSR count). The third-order valence-electron chi connectivity index (χ3n) is 3.29. The van der Waals surface area contributed by atoms with Gasteiger partial charge in [0.1, 0.15) is 0 Å². The van der Waals surface area contributed by atoms with Gasteiger partial charge in [0.2, 0.25) is 5.91 Å². The molecule has 0 saturated carbocycles. The first-order valence-corrected chi connectivity index (χ1v) is 6.19. The van der Waals surface area contributed by atoms with Crippen LogP contribution in [-0.2, 0) is 9.53 Å². The highest BCUT2D eigenvalue weighted by Crippen LogP contribution is 2.14. The van der Waals surface area contributed by atoms with Crippen LogP contribution >= 0.6 is 0 Å². The molecular formula is C12H24N2O2. The molecule has 1 aliphatic heterocycles. The summed E-state index contributed by atoms with van der Waals surface area (Å²) in [6.07, 6.45) is 1.40. The normalized spacial score (nSPS) is 23.6. The van der Waals surface area contributed by atoms with E-state index in [1.807, 2.05) is 4.90 Å². The molecule has 4 nitrogen and oxygen atoms in total. The van der Waals surface area contributed by atoms with E-state index in [1.165, 1.54) is 0 Å². The summed E-state index contributed by atoms with van der Waals surface area (Å²) in [5.74, 6) is 0.529. The molecule has 1 amide bonds. The topological polar surface area (TPSA) is 55.6 Å². The van der Waals surface area contributed by atoms with Crippen molar-refractivity contribution in [2.75, 3.05) is 19.8 Å². The van der Waals surface area contributed by atoms with Crippen molar-refractivity contribution in [3.05, 3.63) is 0 Å². The van der Waals surface area contributed by atoms with Crippen LogP contribution in [0.25, 0.3) is 0 Å². The Hall–Kier alpha value is -0.610. The molecule has 0 bridgehead atoms. The van der Waals surface area contributed by atoms with E-state index in [-0.39, 0.29) is 18.0 Å². The number of carbonyl (C=O) groups excluding carboxylic acids is 1. The van der Waals surface area contributed by atoms with Crippen LogP contribution < -0.4 is 5.73 Å². The second kappa shape index (κ2) is 6.21. The number of morpholine rings is 1. The number of hydrogen-bond donors (Lipinski definition) is 1. The van der Waals surface area contributed by atoms with Gasteiger partial charge in [-0.3, -0.25) is 4.79 Å². The van der Waals surface area contributed by atoms with Crippen LogP contribution in [0.5, 0.6) is 0 Å². The van der Waals surface area contributed by atoms with Crippen LogP contribution in [-0.4, -0.2) is 42.6 Å². The lowest BCUT2D eigenvalue weighted by Crippen LogP contribution is -2.50. The molecule has 4 heteroatoms. The highest BCUT2D eigenvalue weighted by molar-refractivity contribution is 5.77. The number of hydrogen-bond acceptors (Lipinski definition) is 3. The molecule has 1 aliphatic rings. The van der Waals surface area contributed by atoms with Gasteiger partial charge in [-0.2, -0.15) is 0 Å². The molecule has 0 aromatic carbocycles. The highest BCUT2D eigenvalue weighted by atomic mass is 16.5. The SMILES string of the molecule is CCC1COCCN1C(=O)CC(N)C(C)C. The van der Waals surface area contributed by atoms with Gasteiger partial charge in [-0.05, 0) is 12.3 Å². The molecule has 2 atom stereocenters. The summed E-state index contributed by atoms with van der Waals surface area (Å²) in [6.45, 7) is 8.21. The molecule has 94 valence electrons. The molecule has 2 N–H and O–H groups in total. The monoisotopic (exact) mass is 228 g/mol. The molecule has 0 aromatic heterocycles. The van der Waals surface area contributed by atoms with Crippen molar-refractivity contribution in [2.24, 2.45) is 11.7 Å². The van der Waals surface area contributed by atoms with Gasteiger partial charge in [0.25, 0.3) is 0 Å². The maximum Gasteiger partial charge on any atom is 0.224 e. The lowest BCUT2D eigenvalue weighted by molar-refractivity contribution is -0.140. The Labute approximate surface area is 98.1 Å². The third-order valence-corrected chi connectivity index (χ3v) is 3.29. The van der Waals surface area contributed by atoms with Crippen molar-refractivity contribution < 1.29 is 9.53 Å². The Morgan fingerprint density at radius 2 is 2.25 bits per heavy atom. The lowest BCUT2D eigenvalue weighted by atomic mass is 10.0. The van der Waals surface area contributed by atoms with Gasteiger partial charge in [-0.25, -0.2) is 0 Å². The number of nitrogens with two attached hydrogens (primary N) is 1. The number of carbonyl (C=O) groups is 1. The summed E-state index contributed by atoms with van der Waals surface area (Å²) in [7, 11) is 0. The Morgan fingerprint density at radius 3 is 2.81 bits per heavy atom. The van der Waals surface area contributed by atoms with Gasteiger partial charge in [0.05, 0.1) is 19.3 Å². The van der Waals surface area contributed by atoms with Gasteiger partial charge < -0.3 is 15.4 Å². The first-order chi connectivity index (χ1) is 7.56. The molecule has 0 aromatic rings. The molecule has 0 spiro atoms. The van der Waals surface area contributed by atoms with Crippen LogP contribution in [0, 0.1) is 5.92 Å². The van der Waals surface area contributed by atoms with E-state index in [0.29, 0.717) is 32.1 Å². The van der Waals surface area contributed by atoms with Gasteiger partial charge in [0.15, 0.2) is 0 Å². The van der Waals surface area contributed by atoms with Crippen molar-refractivity contribution in [3.8, 4) is 0 Å². The van der Waals surface area contributed by atoms with E-state index in [1.54, 1.807) is 0 Å². The van der Waals surface area contributed by atoms with Crippen LogP contribution in [0.2, 0.25) is 0 Å². The molecule has 0 aliphatic carbocycles. The summed E-state index contributed by atoms with van der Waals surface area (Å²) in [6, 6.07) is 0.202. The van der Waals surface area contributed by atoms with Crippen molar-refractivity contribution in [1.29, 1.82) is 0 Å². The van der Waals surface area contributed by atoms with Crippen LogP contribution in [0.3, 0.4) is 0 Å². The number of amides is 1. The predicted molar refractivity (Wildman–Crippen MR) is 64.0 cm³/mol. The fourth-order valence-corrected chi connectivity index (χ4v) is 1.88. The standard InChI is InChI=1S/C12H24N2O2/c1-4-10-8-16-6-5-14(10)12(15)7-11(13)9(2)3/h9-11H,4-8,13H2,1-3H3. The summed E-state index contributed by atoms with van der Waals surface area (Å²) >= 11 is 0. The lowest BCUT2D eigenvalue weighted by Gasteiger charge is -2.36. The molecular weight excluding hydrogens is 204 g/mol. The van der Waals surface area contributed by atoms with E-state index < -0.39 is 0 Å². The van der Waals surface area contributed by atoms with E-state index in [9.17, 15) is 4.79 Å². The smallest absolute Gasteiger partial charge is 0.224 e. The van der Waals surface area contributed by atoms with Crippen LogP contribution in [0.4, 0.5) is 0 Å². The van der Waals surface area contributed by atoms with Crippen molar-refractivity contribution >= 4 is 5.91 Å². The first-order valence-electron chi connectivity index (χ1n) is 6.19. The van der Waals surface area contributed by atoms with E-state index in [2.05, 4.69) is 20.8 Å². The second-order valence-corrected chi connectivity index (χ2v) is 4.84. The molecule has 16 heavy (non-hydrogen) atoms. The summed E-state index contributed by atoms with van der Waals surface area (Å²) < 4.78 is 5.38.